The van der Waals surface area contributed by atoms with Crippen LogP contribution in [0.5, 0.6) is 0 Å². The second kappa shape index (κ2) is 9.62. The number of aliphatic hydroxyl groups excluding tert-OH is 2. The van der Waals surface area contributed by atoms with Crippen LogP contribution in [0.3, 0.4) is 0 Å². The molecule has 0 unspecified atom stereocenters. The Labute approximate surface area is 173 Å². The van der Waals surface area contributed by atoms with E-state index in [1.54, 1.807) is 6.92 Å². The minimum absolute atomic E-state index is 0.00297. The van der Waals surface area contributed by atoms with E-state index >= 15 is 0 Å². The molecule has 0 aromatic heterocycles. The summed E-state index contributed by atoms with van der Waals surface area (Å²) in [6.45, 7) is 8.11. The predicted octanol–water partition coefficient (Wildman–Crippen LogP) is 1.76. The van der Waals surface area contributed by atoms with Crippen LogP contribution in [0.15, 0.2) is 24.3 Å². The molecule has 2 saturated heterocycles. The number of rotatable bonds is 3. The van der Waals surface area contributed by atoms with Crippen LogP contribution in [-0.4, -0.2) is 76.5 Å². The summed E-state index contributed by atoms with van der Waals surface area (Å²) in [4.78, 5) is 16.9. The zero-order valence-electron chi connectivity index (χ0n) is 17.6. The molecule has 0 aliphatic carbocycles. The van der Waals surface area contributed by atoms with Crippen molar-refractivity contribution >= 4 is 6.03 Å². The maximum Gasteiger partial charge on any atom is 0.317 e. The number of hydrogen-bond donors (Lipinski definition) is 3. The summed E-state index contributed by atoms with van der Waals surface area (Å²) < 4.78 is 0. The third-order valence-electron chi connectivity index (χ3n) is 5.79. The molecule has 0 spiro atoms. The van der Waals surface area contributed by atoms with E-state index < -0.39 is 6.10 Å². The molecule has 2 amide bonds. The average molecular weight is 400 g/mol. The van der Waals surface area contributed by atoms with Crippen LogP contribution in [0.25, 0.3) is 0 Å². The molecule has 2 fully saturated rings. The van der Waals surface area contributed by atoms with Gasteiger partial charge in [0.2, 0.25) is 0 Å². The lowest BCUT2D eigenvalue weighted by atomic mass is 9.74. The summed E-state index contributed by atoms with van der Waals surface area (Å²) in [7, 11) is 0. The molecular formula is C23H33N3O3. The van der Waals surface area contributed by atoms with Crippen molar-refractivity contribution in [2.45, 2.75) is 63.8 Å². The number of benzene rings is 1. The van der Waals surface area contributed by atoms with Crippen molar-refractivity contribution in [2.75, 3.05) is 26.2 Å². The van der Waals surface area contributed by atoms with Gasteiger partial charge in [-0.1, -0.05) is 24.0 Å². The molecule has 6 heteroatoms. The SMILES string of the molecule is CC(C)NC(=O)N1CCCCN2[C@H](CO)[C@@H](c3ccc(C#C[C@H](C)O)cc3)[C@@H]2C1. The Morgan fingerprint density at radius 2 is 1.90 bits per heavy atom. The topological polar surface area (TPSA) is 76.0 Å². The molecule has 1 aromatic rings. The number of urea groups is 1. The smallest absolute Gasteiger partial charge is 0.317 e. The number of amides is 2. The van der Waals surface area contributed by atoms with Crippen molar-refractivity contribution in [1.82, 2.24) is 15.1 Å². The zero-order valence-corrected chi connectivity index (χ0v) is 17.6. The van der Waals surface area contributed by atoms with E-state index in [1.165, 1.54) is 0 Å². The van der Waals surface area contributed by atoms with Crippen molar-refractivity contribution in [3.8, 4) is 11.8 Å². The van der Waals surface area contributed by atoms with Crippen molar-refractivity contribution < 1.29 is 15.0 Å². The number of carbonyl (C=O) groups excluding carboxylic acids is 1. The quantitative estimate of drug-likeness (QED) is 0.677. The molecule has 29 heavy (non-hydrogen) atoms. The lowest BCUT2D eigenvalue weighted by Crippen LogP contribution is -2.68. The van der Waals surface area contributed by atoms with Crippen molar-refractivity contribution in [3.05, 3.63) is 35.4 Å². The molecule has 2 aliphatic heterocycles. The van der Waals surface area contributed by atoms with Gasteiger partial charge in [-0.25, -0.2) is 4.79 Å². The van der Waals surface area contributed by atoms with Gasteiger partial charge in [0.15, 0.2) is 0 Å². The standard InChI is InChI=1S/C23H33N3O3/c1-16(2)24-23(29)25-12-4-5-13-26-20(14-25)22(21(26)15-27)19-10-8-18(9-11-19)7-6-17(3)28/h8-11,16-17,20-22,27-28H,4-5,12-15H2,1-3H3,(H,24,29)/t17-,20-,21+,22-/m0/s1. The van der Waals surface area contributed by atoms with Gasteiger partial charge in [-0.3, -0.25) is 4.90 Å². The predicted molar refractivity (Wildman–Crippen MR) is 114 cm³/mol. The van der Waals surface area contributed by atoms with E-state index in [0.717, 1.165) is 37.1 Å². The Hall–Kier alpha value is -2.07. The third kappa shape index (κ3) is 5.11. The first kappa shape index (κ1) is 21.6. The molecular weight excluding hydrogens is 366 g/mol. The minimum Gasteiger partial charge on any atom is -0.395 e. The molecule has 0 saturated carbocycles. The monoisotopic (exact) mass is 399 g/mol. The van der Waals surface area contributed by atoms with Gasteiger partial charge in [-0.15, -0.1) is 0 Å². The van der Waals surface area contributed by atoms with Gasteiger partial charge in [0.05, 0.1) is 6.61 Å². The van der Waals surface area contributed by atoms with Crippen LogP contribution >= 0.6 is 0 Å². The number of fused-ring (bicyclic) bond motifs is 1. The van der Waals surface area contributed by atoms with Crippen LogP contribution in [0.4, 0.5) is 4.79 Å². The van der Waals surface area contributed by atoms with E-state index in [0.29, 0.717) is 6.54 Å². The first-order valence-corrected chi connectivity index (χ1v) is 10.6. The van der Waals surface area contributed by atoms with E-state index in [9.17, 15) is 15.0 Å². The Morgan fingerprint density at radius 3 is 2.52 bits per heavy atom. The summed E-state index contributed by atoms with van der Waals surface area (Å²) >= 11 is 0. The van der Waals surface area contributed by atoms with Gasteiger partial charge in [0.25, 0.3) is 0 Å². The lowest BCUT2D eigenvalue weighted by Gasteiger charge is -2.57. The molecule has 158 valence electrons. The number of carbonyl (C=O) groups is 1. The summed E-state index contributed by atoms with van der Waals surface area (Å²) in [6.07, 6.45) is 1.36. The Balaban J connectivity index is 1.78. The normalized spacial score (nSPS) is 25.7. The van der Waals surface area contributed by atoms with E-state index in [2.05, 4.69) is 34.2 Å². The molecule has 0 bridgehead atoms. The average Bonchev–Trinajstić information content (AvgIpc) is 2.65. The zero-order chi connectivity index (χ0) is 21.0. The lowest BCUT2D eigenvalue weighted by molar-refractivity contribution is -0.0591. The van der Waals surface area contributed by atoms with Crippen molar-refractivity contribution in [3.63, 3.8) is 0 Å². The van der Waals surface area contributed by atoms with Crippen molar-refractivity contribution in [2.24, 2.45) is 0 Å². The van der Waals surface area contributed by atoms with Gasteiger partial charge < -0.3 is 20.4 Å². The molecule has 4 atom stereocenters. The molecule has 6 nitrogen and oxygen atoms in total. The maximum absolute atomic E-state index is 12.6. The highest BCUT2D eigenvalue weighted by Gasteiger charge is 2.49. The van der Waals surface area contributed by atoms with Crippen LogP contribution in [0.2, 0.25) is 0 Å². The molecule has 3 N–H and O–H groups in total. The summed E-state index contributed by atoms with van der Waals surface area (Å²) in [6, 6.07) is 8.46. The molecule has 0 radical (unpaired) electrons. The highest BCUT2D eigenvalue weighted by atomic mass is 16.3. The maximum atomic E-state index is 12.6. The second-order valence-electron chi connectivity index (χ2n) is 8.41. The van der Waals surface area contributed by atoms with Gasteiger partial charge in [-0.05, 0) is 57.9 Å². The van der Waals surface area contributed by atoms with Gasteiger partial charge in [-0.2, -0.15) is 0 Å². The highest BCUT2D eigenvalue weighted by molar-refractivity contribution is 5.74. The van der Waals surface area contributed by atoms with Gasteiger partial charge >= 0.3 is 6.03 Å². The molecule has 1 aromatic carbocycles. The van der Waals surface area contributed by atoms with Crippen LogP contribution in [0, 0.1) is 11.8 Å². The number of hydrogen-bond acceptors (Lipinski definition) is 4. The summed E-state index contributed by atoms with van der Waals surface area (Å²) in [5.74, 6) is 5.91. The number of nitrogens with one attached hydrogen (secondary N) is 1. The Bertz CT molecular complexity index is 751. The molecule has 2 aliphatic rings. The fourth-order valence-electron chi connectivity index (χ4n) is 4.44. The molecule has 2 heterocycles. The van der Waals surface area contributed by atoms with Crippen LogP contribution in [0.1, 0.15) is 50.7 Å². The summed E-state index contributed by atoms with van der Waals surface area (Å²) in [5.41, 5.74) is 2.03. The van der Waals surface area contributed by atoms with E-state index in [1.807, 2.05) is 30.9 Å². The van der Waals surface area contributed by atoms with Gasteiger partial charge in [0, 0.05) is 42.7 Å². The fourth-order valence-corrected chi connectivity index (χ4v) is 4.44. The number of nitrogens with zero attached hydrogens (tertiary/aromatic N) is 2. The Kier molecular flexibility index (Phi) is 7.18. The first-order chi connectivity index (χ1) is 13.9. The van der Waals surface area contributed by atoms with E-state index in [4.69, 9.17) is 0 Å². The summed E-state index contributed by atoms with van der Waals surface area (Å²) in [5, 5.41) is 22.4. The van der Waals surface area contributed by atoms with Crippen LogP contribution < -0.4 is 5.32 Å². The second-order valence-corrected chi connectivity index (χ2v) is 8.41. The fraction of sp³-hybridized carbons (Fsp3) is 0.609. The highest BCUT2D eigenvalue weighted by Crippen LogP contribution is 2.41. The minimum atomic E-state index is -0.647. The first-order valence-electron chi connectivity index (χ1n) is 10.6. The number of aliphatic hydroxyl groups is 2. The van der Waals surface area contributed by atoms with Crippen LogP contribution in [-0.2, 0) is 0 Å². The largest absolute Gasteiger partial charge is 0.395 e. The molecule has 3 rings (SSSR count). The Morgan fingerprint density at radius 1 is 1.21 bits per heavy atom. The van der Waals surface area contributed by atoms with E-state index in [-0.39, 0.29) is 36.7 Å². The third-order valence-corrected chi connectivity index (χ3v) is 5.79. The van der Waals surface area contributed by atoms with Crippen molar-refractivity contribution in [1.29, 1.82) is 0 Å². The van der Waals surface area contributed by atoms with Gasteiger partial charge in [0.1, 0.15) is 6.10 Å².